The number of ether oxygens (including phenoxy) is 1. The number of anilines is 1. The minimum Gasteiger partial charge on any atom is -0.507 e. The van der Waals surface area contributed by atoms with Crippen LogP contribution in [0.5, 0.6) is 11.5 Å². The van der Waals surface area contributed by atoms with E-state index in [-0.39, 0.29) is 17.7 Å². The number of aromatic hydroxyl groups is 1. The van der Waals surface area contributed by atoms with E-state index < -0.39 is 6.04 Å². The molecular formula is C19H23N3O3. The molecule has 0 spiro atoms. The fraction of sp³-hybridized carbons (Fsp3) is 0.316. The lowest BCUT2D eigenvalue weighted by Crippen LogP contribution is -2.39. The van der Waals surface area contributed by atoms with E-state index >= 15 is 0 Å². The van der Waals surface area contributed by atoms with Crippen LogP contribution in [0.3, 0.4) is 0 Å². The van der Waals surface area contributed by atoms with Crippen molar-refractivity contribution in [1.82, 2.24) is 10.9 Å². The molecule has 0 bridgehead atoms. The van der Waals surface area contributed by atoms with Gasteiger partial charge in [0.25, 0.3) is 0 Å². The molecule has 2 aromatic rings. The Hall–Kier alpha value is -2.57. The second-order valence-electron chi connectivity index (χ2n) is 6.37. The minimum absolute atomic E-state index is 0.125. The Morgan fingerprint density at radius 2 is 2.04 bits per heavy atom. The maximum atomic E-state index is 12.5. The van der Waals surface area contributed by atoms with Gasteiger partial charge in [0.15, 0.2) is 0 Å². The van der Waals surface area contributed by atoms with Gasteiger partial charge in [0.1, 0.15) is 17.5 Å². The van der Waals surface area contributed by atoms with Crippen LogP contribution >= 0.6 is 0 Å². The molecule has 0 aliphatic carbocycles. The Balaban J connectivity index is 1.69. The molecule has 0 aromatic heterocycles. The number of phenolic OH excluding ortho intramolecular Hbond substituents is 1. The van der Waals surface area contributed by atoms with Gasteiger partial charge in [0.05, 0.1) is 13.2 Å². The van der Waals surface area contributed by atoms with Gasteiger partial charge in [-0.3, -0.25) is 4.79 Å². The van der Waals surface area contributed by atoms with Crippen LogP contribution in [-0.4, -0.2) is 24.2 Å². The number of rotatable bonds is 4. The zero-order valence-corrected chi connectivity index (χ0v) is 14.6. The van der Waals surface area contributed by atoms with Crippen molar-refractivity contribution in [3.8, 4) is 11.5 Å². The zero-order chi connectivity index (χ0) is 18.0. The van der Waals surface area contributed by atoms with Crippen LogP contribution in [0, 0.1) is 13.8 Å². The number of phenols is 1. The van der Waals surface area contributed by atoms with Gasteiger partial charge in [-0.25, -0.2) is 10.9 Å². The number of hydrogen-bond donors (Lipinski definition) is 4. The molecule has 0 saturated carbocycles. The van der Waals surface area contributed by atoms with E-state index in [2.05, 4.69) is 16.2 Å². The van der Waals surface area contributed by atoms with Crippen LogP contribution in [0.15, 0.2) is 36.4 Å². The van der Waals surface area contributed by atoms with Gasteiger partial charge in [-0.1, -0.05) is 23.8 Å². The van der Waals surface area contributed by atoms with Crippen molar-refractivity contribution in [2.24, 2.45) is 0 Å². The SMILES string of the molecule is COc1cccc(NC(=O)C2CC(c3cc(C)cc(C)c3O)NN2)c1. The molecule has 1 saturated heterocycles. The third kappa shape index (κ3) is 3.75. The Morgan fingerprint density at radius 3 is 2.80 bits per heavy atom. The predicted molar refractivity (Wildman–Crippen MR) is 96.6 cm³/mol. The fourth-order valence-electron chi connectivity index (χ4n) is 3.12. The van der Waals surface area contributed by atoms with Gasteiger partial charge < -0.3 is 15.2 Å². The number of methoxy groups -OCH3 is 1. The topological polar surface area (TPSA) is 82.6 Å². The van der Waals surface area contributed by atoms with Crippen molar-refractivity contribution in [3.63, 3.8) is 0 Å². The molecule has 1 amide bonds. The Bertz CT molecular complexity index is 791. The summed E-state index contributed by atoms with van der Waals surface area (Å²) in [5.41, 5.74) is 9.53. The van der Waals surface area contributed by atoms with Crippen molar-refractivity contribution >= 4 is 11.6 Å². The molecule has 0 radical (unpaired) electrons. The maximum Gasteiger partial charge on any atom is 0.242 e. The Kier molecular flexibility index (Phi) is 4.92. The molecule has 1 fully saturated rings. The molecule has 4 N–H and O–H groups in total. The molecule has 3 rings (SSSR count). The summed E-state index contributed by atoms with van der Waals surface area (Å²) in [7, 11) is 1.59. The van der Waals surface area contributed by atoms with E-state index in [0.717, 1.165) is 16.7 Å². The molecule has 1 heterocycles. The van der Waals surface area contributed by atoms with Crippen LogP contribution < -0.4 is 20.9 Å². The molecule has 6 nitrogen and oxygen atoms in total. The molecule has 6 heteroatoms. The monoisotopic (exact) mass is 341 g/mol. The first-order valence-corrected chi connectivity index (χ1v) is 8.24. The van der Waals surface area contributed by atoms with Gasteiger partial charge in [0.2, 0.25) is 5.91 Å². The lowest BCUT2D eigenvalue weighted by molar-refractivity contribution is -0.117. The van der Waals surface area contributed by atoms with Gasteiger partial charge in [-0.15, -0.1) is 0 Å². The number of hydrogen-bond acceptors (Lipinski definition) is 5. The highest BCUT2D eigenvalue weighted by atomic mass is 16.5. The summed E-state index contributed by atoms with van der Waals surface area (Å²) < 4.78 is 5.17. The molecule has 1 aliphatic rings. The van der Waals surface area contributed by atoms with Gasteiger partial charge >= 0.3 is 0 Å². The number of carbonyl (C=O) groups is 1. The van der Waals surface area contributed by atoms with Gasteiger partial charge in [-0.05, 0) is 38.0 Å². The second kappa shape index (κ2) is 7.13. The summed E-state index contributed by atoms with van der Waals surface area (Å²) in [6.07, 6.45) is 0.548. The summed E-state index contributed by atoms with van der Waals surface area (Å²) in [5, 5.41) is 13.2. The van der Waals surface area contributed by atoms with Crippen molar-refractivity contribution in [3.05, 3.63) is 53.1 Å². The highest BCUT2D eigenvalue weighted by Gasteiger charge is 2.31. The predicted octanol–water partition coefficient (Wildman–Crippen LogP) is 2.56. The van der Waals surface area contributed by atoms with Crippen LogP contribution in [0.25, 0.3) is 0 Å². The summed E-state index contributed by atoms with van der Waals surface area (Å²) >= 11 is 0. The fourth-order valence-corrected chi connectivity index (χ4v) is 3.12. The largest absolute Gasteiger partial charge is 0.507 e. The van der Waals surface area contributed by atoms with E-state index in [1.54, 1.807) is 13.2 Å². The zero-order valence-electron chi connectivity index (χ0n) is 14.6. The average molecular weight is 341 g/mol. The number of nitrogens with one attached hydrogen (secondary N) is 3. The summed E-state index contributed by atoms with van der Waals surface area (Å²) in [5.74, 6) is 0.833. The van der Waals surface area contributed by atoms with Crippen LogP contribution in [0.4, 0.5) is 5.69 Å². The van der Waals surface area contributed by atoms with Crippen molar-refractivity contribution < 1.29 is 14.6 Å². The van der Waals surface area contributed by atoms with E-state index in [1.165, 1.54) is 0 Å². The molecule has 132 valence electrons. The van der Waals surface area contributed by atoms with Crippen molar-refractivity contribution in [2.45, 2.75) is 32.4 Å². The lowest BCUT2D eigenvalue weighted by atomic mass is 9.96. The number of hydrazine groups is 1. The van der Waals surface area contributed by atoms with Gasteiger partial charge in [0, 0.05) is 17.3 Å². The summed E-state index contributed by atoms with van der Waals surface area (Å²) in [4.78, 5) is 12.5. The third-order valence-electron chi connectivity index (χ3n) is 4.41. The number of benzene rings is 2. The molecule has 2 unspecified atom stereocenters. The standard InChI is InChI=1S/C19H23N3O3/c1-11-7-12(2)18(23)15(8-11)16-10-17(22-21-16)19(24)20-13-5-4-6-14(9-13)25-3/h4-9,16-17,21-23H,10H2,1-3H3,(H,20,24). The summed E-state index contributed by atoms with van der Waals surface area (Å²) in [6.45, 7) is 3.87. The number of carbonyl (C=O) groups excluding carboxylic acids is 1. The second-order valence-corrected chi connectivity index (χ2v) is 6.37. The van der Waals surface area contributed by atoms with E-state index in [0.29, 0.717) is 17.9 Å². The highest BCUT2D eigenvalue weighted by molar-refractivity contribution is 5.95. The average Bonchev–Trinajstić information content (AvgIpc) is 3.08. The molecular weight excluding hydrogens is 318 g/mol. The molecule has 25 heavy (non-hydrogen) atoms. The first-order valence-electron chi connectivity index (χ1n) is 8.24. The quantitative estimate of drug-likeness (QED) is 0.687. The lowest BCUT2D eigenvalue weighted by Gasteiger charge is -2.15. The minimum atomic E-state index is -0.392. The molecule has 1 aliphatic heterocycles. The normalized spacial score (nSPS) is 19.6. The third-order valence-corrected chi connectivity index (χ3v) is 4.41. The Labute approximate surface area is 147 Å². The van der Waals surface area contributed by atoms with E-state index in [4.69, 9.17) is 4.74 Å². The van der Waals surface area contributed by atoms with Gasteiger partial charge in [-0.2, -0.15) is 0 Å². The highest BCUT2D eigenvalue weighted by Crippen LogP contribution is 2.33. The first kappa shape index (κ1) is 17.3. The van der Waals surface area contributed by atoms with E-state index in [9.17, 15) is 9.90 Å². The summed E-state index contributed by atoms with van der Waals surface area (Å²) in [6, 6.07) is 10.6. The molecule has 2 atom stereocenters. The number of amides is 1. The Morgan fingerprint density at radius 1 is 1.24 bits per heavy atom. The smallest absolute Gasteiger partial charge is 0.242 e. The molecule has 2 aromatic carbocycles. The maximum absolute atomic E-state index is 12.5. The van der Waals surface area contributed by atoms with Crippen LogP contribution in [0.1, 0.15) is 29.2 Å². The first-order chi connectivity index (χ1) is 12.0. The van der Waals surface area contributed by atoms with E-state index in [1.807, 2.05) is 44.2 Å². The van der Waals surface area contributed by atoms with Crippen molar-refractivity contribution in [1.29, 1.82) is 0 Å². The van der Waals surface area contributed by atoms with Crippen LogP contribution in [-0.2, 0) is 4.79 Å². The van der Waals surface area contributed by atoms with Crippen LogP contribution in [0.2, 0.25) is 0 Å². The van der Waals surface area contributed by atoms with Crippen molar-refractivity contribution in [2.75, 3.05) is 12.4 Å². The number of aryl methyl sites for hydroxylation is 2.